The van der Waals surface area contributed by atoms with Crippen molar-refractivity contribution in [2.75, 3.05) is 11.9 Å². The molecular weight excluding hydrogens is 537 g/mol. The molecule has 0 aliphatic heterocycles. The largest absolute Gasteiger partial charge is 0.452 e. The van der Waals surface area contributed by atoms with Crippen LogP contribution in [0.2, 0.25) is 10.0 Å². The van der Waals surface area contributed by atoms with Gasteiger partial charge in [-0.25, -0.2) is 9.78 Å². The quantitative estimate of drug-likeness (QED) is 0.269. The zero-order chi connectivity index (χ0) is 27.5. The zero-order valence-corrected chi connectivity index (χ0v) is 22.2. The second-order valence-electron chi connectivity index (χ2n) is 9.09. The molecule has 196 valence electrons. The number of carbonyl (C=O) groups excluding carboxylic acids is 3. The highest BCUT2D eigenvalue weighted by atomic mass is 35.5. The van der Waals surface area contributed by atoms with Gasteiger partial charge in [0.15, 0.2) is 6.61 Å². The summed E-state index contributed by atoms with van der Waals surface area (Å²) in [5.41, 5.74) is 10.5. The molecule has 4 aromatic rings. The number of nitrogens with two attached hydrogens (primary N) is 1. The van der Waals surface area contributed by atoms with Crippen molar-refractivity contribution < 1.29 is 19.1 Å². The van der Waals surface area contributed by atoms with E-state index in [4.69, 9.17) is 38.7 Å². The number of ether oxygens (including phenoxy) is 1. The van der Waals surface area contributed by atoms with Crippen molar-refractivity contribution in [1.29, 1.82) is 0 Å². The fourth-order valence-electron chi connectivity index (χ4n) is 4.63. The maximum absolute atomic E-state index is 13.4. The molecule has 1 aliphatic rings. The molecule has 0 radical (unpaired) electrons. The number of allylic oxidation sites excluding steroid dienone is 1. The fraction of sp³-hybridized carbons (Fsp3) is 0.133. The van der Waals surface area contributed by atoms with Gasteiger partial charge in [0.1, 0.15) is 0 Å². The maximum atomic E-state index is 13.4. The second kappa shape index (κ2) is 11.3. The molecule has 0 fully saturated rings. The highest BCUT2D eigenvalue weighted by Crippen LogP contribution is 2.37. The van der Waals surface area contributed by atoms with E-state index in [1.807, 2.05) is 36.4 Å². The molecule has 0 unspecified atom stereocenters. The number of nitrogens with zero attached hydrogens (tertiary/aromatic N) is 1. The van der Waals surface area contributed by atoms with Gasteiger partial charge in [0.25, 0.3) is 5.91 Å². The van der Waals surface area contributed by atoms with Crippen LogP contribution in [0.4, 0.5) is 5.69 Å². The van der Waals surface area contributed by atoms with Gasteiger partial charge in [0.05, 0.1) is 26.8 Å². The molecule has 0 saturated carbocycles. The van der Waals surface area contributed by atoms with Gasteiger partial charge in [0.2, 0.25) is 5.91 Å². The molecule has 39 heavy (non-hydrogen) atoms. The number of nitrogens with one attached hydrogen (secondary N) is 1. The molecule has 1 aromatic heterocycles. The number of fused-ring (bicyclic) bond motifs is 2. The molecule has 1 heterocycles. The van der Waals surface area contributed by atoms with Gasteiger partial charge in [-0.05, 0) is 84.5 Å². The third kappa shape index (κ3) is 5.79. The Labute approximate surface area is 234 Å². The van der Waals surface area contributed by atoms with Gasteiger partial charge < -0.3 is 15.8 Å². The summed E-state index contributed by atoms with van der Waals surface area (Å²) in [5.74, 6) is -1.67. The van der Waals surface area contributed by atoms with E-state index < -0.39 is 24.4 Å². The van der Waals surface area contributed by atoms with E-state index in [0.717, 1.165) is 35.2 Å². The topological polar surface area (TPSA) is 111 Å². The Hall–Kier alpha value is -4.20. The highest BCUT2D eigenvalue weighted by molar-refractivity contribution is 6.42. The number of para-hydroxylation sites is 1. The third-order valence-electron chi connectivity index (χ3n) is 6.45. The van der Waals surface area contributed by atoms with Crippen LogP contribution in [0.15, 0.2) is 66.7 Å². The Morgan fingerprint density at radius 2 is 1.74 bits per heavy atom. The van der Waals surface area contributed by atoms with Crippen LogP contribution < -0.4 is 11.1 Å². The van der Waals surface area contributed by atoms with Crippen molar-refractivity contribution in [3.63, 3.8) is 0 Å². The molecular formula is C30H23Cl2N3O4. The van der Waals surface area contributed by atoms with E-state index in [2.05, 4.69) is 5.32 Å². The molecule has 3 N–H and O–H groups in total. The number of carbonyl (C=O) groups is 3. The molecule has 0 spiro atoms. The van der Waals surface area contributed by atoms with Gasteiger partial charge >= 0.3 is 5.97 Å². The molecule has 1 aliphatic carbocycles. The lowest BCUT2D eigenvalue weighted by atomic mass is 9.86. The number of anilines is 1. The SMILES string of the molecule is NC(=O)c1ccc(NC(=O)COC(=O)c2c3c(nc4ccccc24)/C(=C/c2ccc(Cl)c(Cl)c2)CCC3)cc1. The lowest BCUT2D eigenvalue weighted by molar-refractivity contribution is -0.119. The van der Waals surface area contributed by atoms with Gasteiger partial charge in [0, 0.05) is 16.6 Å². The monoisotopic (exact) mass is 559 g/mol. The molecule has 0 bridgehead atoms. The van der Waals surface area contributed by atoms with Crippen molar-refractivity contribution in [2.45, 2.75) is 19.3 Å². The average Bonchev–Trinajstić information content (AvgIpc) is 2.93. The first kappa shape index (κ1) is 26.4. The number of hydrogen-bond acceptors (Lipinski definition) is 5. The van der Waals surface area contributed by atoms with Gasteiger partial charge in [-0.1, -0.05) is 47.5 Å². The van der Waals surface area contributed by atoms with Crippen LogP contribution in [0.3, 0.4) is 0 Å². The Morgan fingerprint density at radius 1 is 0.974 bits per heavy atom. The molecule has 7 nitrogen and oxygen atoms in total. The molecule has 5 rings (SSSR count). The van der Waals surface area contributed by atoms with Crippen molar-refractivity contribution in [1.82, 2.24) is 4.98 Å². The lowest BCUT2D eigenvalue weighted by Crippen LogP contribution is -2.22. The predicted molar refractivity (Wildman–Crippen MR) is 153 cm³/mol. The summed E-state index contributed by atoms with van der Waals surface area (Å²) < 4.78 is 5.48. The number of amides is 2. The second-order valence-corrected chi connectivity index (χ2v) is 9.91. The van der Waals surface area contributed by atoms with Crippen LogP contribution in [0, 0.1) is 0 Å². The minimum atomic E-state index is -0.597. The van der Waals surface area contributed by atoms with E-state index in [1.54, 1.807) is 24.3 Å². The summed E-state index contributed by atoms with van der Waals surface area (Å²) in [7, 11) is 0. The van der Waals surface area contributed by atoms with E-state index in [-0.39, 0.29) is 0 Å². The number of benzene rings is 3. The van der Waals surface area contributed by atoms with Crippen LogP contribution in [0.25, 0.3) is 22.6 Å². The number of aromatic nitrogens is 1. The number of esters is 1. The average molecular weight is 560 g/mol. The lowest BCUT2D eigenvalue weighted by Gasteiger charge is -2.22. The first-order chi connectivity index (χ1) is 18.8. The smallest absolute Gasteiger partial charge is 0.339 e. The normalized spacial score (nSPS) is 13.6. The molecule has 9 heteroatoms. The third-order valence-corrected chi connectivity index (χ3v) is 7.19. The van der Waals surface area contributed by atoms with Crippen LogP contribution in [0.1, 0.15) is 50.4 Å². The maximum Gasteiger partial charge on any atom is 0.339 e. The fourth-order valence-corrected chi connectivity index (χ4v) is 4.94. The number of pyridine rings is 1. The van der Waals surface area contributed by atoms with Crippen molar-refractivity contribution in [3.05, 3.63) is 105 Å². The van der Waals surface area contributed by atoms with Crippen LogP contribution in [0.5, 0.6) is 0 Å². The summed E-state index contributed by atoms with van der Waals surface area (Å²) in [6.07, 6.45) is 4.26. The summed E-state index contributed by atoms with van der Waals surface area (Å²) in [6, 6.07) is 18.9. The van der Waals surface area contributed by atoms with Gasteiger partial charge in [-0.3, -0.25) is 9.59 Å². The van der Waals surface area contributed by atoms with Crippen molar-refractivity contribution in [2.24, 2.45) is 5.73 Å². The number of halogens is 2. The van der Waals surface area contributed by atoms with Crippen molar-refractivity contribution in [3.8, 4) is 0 Å². The summed E-state index contributed by atoms with van der Waals surface area (Å²) >= 11 is 12.3. The van der Waals surface area contributed by atoms with Crippen molar-refractivity contribution >= 4 is 69.2 Å². The Kier molecular flexibility index (Phi) is 7.63. The summed E-state index contributed by atoms with van der Waals surface area (Å²) in [4.78, 5) is 42.1. The molecule has 0 saturated heterocycles. The van der Waals surface area contributed by atoms with E-state index in [9.17, 15) is 14.4 Å². The van der Waals surface area contributed by atoms with Crippen LogP contribution in [-0.4, -0.2) is 29.4 Å². The van der Waals surface area contributed by atoms with Gasteiger partial charge in [-0.15, -0.1) is 0 Å². The summed E-state index contributed by atoms with van der Waals surface area (Å²) in [6.45, 7) is -0.478. The Balaban J connectivity index is 1.42. The first-order valence-corrected chi connectivity index (χ1v) is 13.0. The molecule has 0 atom stereocenters. The predicted octanol–water partition coefficient (Wildman–Crippen LogP) is 6.31. The van der Waals surface area contributed by atoms with Crippen LogP contribution in [-0.2, 0) is 16.0 Å². The Bertz CT molecular complexity index is 1650. The summed E-state index contributed by atoms with van der Waals surface area (Å²) in [5, 5.41) is 4.25. The zero-order valence-electron chi connectivity index (χ0n) is 20.7. The highest BCUT2D eigenvalue weighted by Gasteiger charge is 2.26. The van der Waals surface area contributed by atoms with E-state index in [1.165, 1.54) is 12.1 Å². The minimum Gasteiger partial charge on any atom is -0.452 e. The molecule has 2 amide bonds. The standard InChI is InChI=1S/C30H23Cl2N3O4/c31-23-13-8-17(15-24(23)32)14-19-4-3-6-22-27(21-5-1-2-7-25(21)35-28(19)22)30(38)39-16-26(36)34-20-11-9-18(10-12-20)29(33)37/h1-2,5,7-15H,3-4,6,16H2,(H2,33,37)(H,34,36)/b19-14+. The van der Waals surface area contributed by atoms with E-state index in [0.29, 0.717) is 44.2 Å². The molecule has 3 aromatic carbocycles. The number of primary amides is 1. The van der Waals surface area contributed by atoms with Crippen LogP contribution >= 0.6 is 23.2 Å². The Morgan fingerprint density at radius 3 is 2.49 bits per heavy atom. The van der Waals surface area contributed by atoms with Gasteiger partial charge in [-0.2, -0.15) is 0 Å². The number of rotatable bonds is 6. The minimum absolute atomic E-state index is 0.321. The number of hydrogen-bond donors (Lipinski definition) is 2. The first-order valence-electron chi connectivity index (χ1n) is 12.2. The van der Waals surface area contributed by atoms with E-state index >= 15 is 0 Å².